The molecule has 0 aromatic heterocycles. The third-order valence-corrected chi connectivity index (χ3v) is 3.59. The van der Waals surface area contributed by atoms with E-state index in [4.69, 9.17) is 9.47 Å². The minimum atomic E-state index is -0.425. The first-order chi connectivity index (χ1) is 9.89. The smallest absolute Gasteiger partial charge is 0.323 e. The molecule has 2 rings (SSSR count). The number of benzene rings is 1. The van der Waals surface area contributed by atoms with Gasteiger partial charge in [-0.3, -0.25) is 9.69 Å². The van der Waals surface area contributed by atoms with Crippen LogP contribution in [0, 0.1) is 0 Å². The molecule has 4 heteroatoms. The number of esters is 1. The summed E-state index contributed by atoms with van der Waals surface area (Å²) in [5, 5.41) is 0. The molecule has 0 bridgehead atoms. The number of ether oxygens (including phenoxy) is 2. The third-order valence-electron chi connectivity index (χ3n) is 3.59. The summed E-state index contributed by atoms with van der Waals surface area (Å²) in [7, 11) is 1.66. The first kappa shape index (κ1) is 15.8. The molecule has 1 fully saturated rings. The fourth-order valence-electron chi connectivity index (χ4n) is 2.62. The van der Waals surface area contributed by atoms with Crippen LogP contribution in [-0.2, 0) is 16.1 Å². The second-order valence-electron chi connectivity index (χ2n) is 6.51. The number of carbonyl (C=O) groups excluding carboxylic acids is 1. The molecular formula is C17H25NO3. The number of rotatable bonds is 4. The second kappa shape index (κ2) is 6.48. The number of nitrogens with zero attached hydrogens (tertiary/aromatic N) is 1. The molecule has 1 aromatic rings. The Labute approximate surface area is 127 Å². The largest absolute Gasteiger partial charge is 0.497 e. The molecule has 1 atom stereocenters. The van der Waals surface area contributed by atoms with Gasteiger partial charge in [0.25, 0.3) is 0 Å². The van der Waals surface area contributed by atoms with Crippen LogP contribution in [0.2, 0.25) is 0 Å². The predicted octanol–water partition coefficient (Wildman–Crippen LogP) is 3.00. The number of hydrogen-bond acceptors (Lipinski definition) is 4. The Bertz CT molecular complexity index is 476. The molecule has 1 saturated heterocycles. The SMILES string of the molecule is COc1ccc(CN2CCC[C@H]2C(=O)OC(C)(C)C)cc1. The van der Waals surface area contributed by atoms with Crippen LogP contribution < -0.4 is 4.74 Å². The van der Waals surface area contributed by atoms with E-state index in [1.807, 2.05) is 45.0 Å². The van der Waals surface area contributed by atoms with E-state index in [0.29, 0.717) is 0 Å². The maximum absolute atomic E-state index is 12.3. The van der Waals surface area contributed by atoms with Crippen LogP contribution in [0.3, 0.4) is 0 Å². The summed E-state index contributed by atoms with van der Waals surface area (Å²) in [5.41, 5.74) is 0.761. The average Bonchev–Trinajstić information content (AvgIpc) is 2.86. The minimum absolute atomic E-state index is 0.103. The van der Waals surface area contributed by atoms with Crippen LogP contribution >= 0.6 is 0 Å². The first-order valence-corrected chi connectivity index (χ1v) is 7.49. The van der Waals surface area contributed by atoms with Gasteiger partial charge in [-0.1, -0.05) is 12.1 Å². The predicted molar refractivity (Wildman–Crippen MR) is 82.3 cm³/mol. The number of carbonyl (C=O) groups is 1. The quantitative estimate of drug-likeness (QED) is 0.799. The van der Waals surface area contributed by atoms with E-state index in [1.165, 1.54) is 5.56 Å². The maximum Gasteiger partial charge on any atom is 0.323 e. The van der Waals surface area contributed by atoms with Gasteiger partial charge in [-0.25, -0.2) is 0 Å². The van der Waals surface area contributed by atoms with Crippen molar-refractivity contribution < 1.29 is 14.3 Å². The third kappa shape index (κ3) is 4.46. The van der Waals surface area contributed by atoms with Gasteiger partial charge >= 0.3 is 5.97 Å². The van der Waals surface area contributed by atoms with Crippen molar-refractivity contribution in [3.8, 4) is 5.75 Å². The zero-order valence-electron chi connectivity index (χ0n) is 13.4. The van der Waals surface area contributed by atoms with Gasteiger partial charge in [0.05, 0.1) is 7.11 Å². The summed E-state index contributed by atoms with van der Waals surface area (Å²) in [6.45, 7) is 7.44. The van der Waals surface area contributed by atoms with E-state index in [0.717, 1.165) is 31.7 Å². The van der Waals surface area contributed by atoms with Crippen LogP contribution in [-0.4, -0.2) is 36.2 Å². The van der Waals surface area contributed by atoms with Crippen LogP contribution in [0.25, 0.3) is 0 Å². The Morgan fingerprint density at radius 3 is 2.52 bits per heavy atom. The van der Waals surface area contributed by atoms with Gasteiger partial charge in [0, 0.05) is 6.54 Å². The van der Waals surface area contributed by atoms with Crippen molar-refractivity contribution in [2.24, 2.45) is 0 Å². The van der Waals surface area contributed by atoms with Gasteiger partial charge in [-0.2, -0.15) is 0 Å². The van der Waals surface area contributed by atoms with Crippen LogP contribution in [0.1, 0.15) is 39.2 Å². The van der Waals surface area contributed by atoms with E-state index in [1.54, 1.807) is 7.11 Å². The molecule has 1 aliphatic heterocycles. The Morgan fingerprint density at radius 2 is 1.95 bits per heavy atom. The molecule has 0 saturated carbocycles. The van der Waals surface area contributed by atoms with Gasteiger partial charge < -0.3 is 9.47 Å². The summed E-state index contributed by atoms with van der Waals surface area (Å²) >= 11 is 0. The second-order valence-corrected chi connectivity index (χ2v) is 6.51. The van der Waals surface area contributed by atoms with E-state index < -0.39 is 5.60 Å². The highest BCUT2D eigenvalue weighted by atomic mass is 16.6. The molecule has 0 unspecified atom stereocenters. The molecule has 0 radical (unpaired) electrons. The van der Waals surface area contributed by atoms with Crippen molar-refractivity contribution >= 4 is 5.97 Å². The van der Waals surface area contributed by atoms with Gasteiger partial charge in [-0.15, -0.1) is 0 Å². The van der Waals surface area contributed by atoms with Crippen molar-refractivity contribution in [1.29, 1.82) is 0 Å². The van der Waals surface area contributed by atoms with Crippen LogP contribution in [0.5, 0.6) is 5.75 Å². The van der Waals surface area contributed by atoms with Crippen molar-refractivity contribution in [3.05, 3.63) is 29.8 Å². The minimum Gasteiger partial charge on any atom is -0.497 e. The van der Waals surface area contributed by atoms with Gasteiger partial charge in [0.1, 0.15) is 17.4 Å². The molecule has 4 nitrogen and oxygen atoms in total. The molecule has 1 aromatic carbocycles. The van der Waals surface area contributed by atoms with Crippen molar-refractivity contribution in [3.63, 3.8) is 0 Å². The van der Waals surface area contributed by atoms with Crippen molar-refractivity contribution in [2.75, 3.05) is 13.7 Å². The van der Waals surface area contributed by atoms with Crippen LogP contribution in [0.4, 0.5) is 0 Å². The summed E-state index contributed by atoms with van der Waals surface area (Å²) in [6, 6.07) is 7.88. The lowest BCUT2D eigenvalue weighted by Gasteiger charge is -2.27. The standard InChI is InChI=1S/C17H25NO3/c1-17(2,3)21-16(19)15-6-5-11-18(15)12-13-7-9-14(20-4)10-8-13/h7-10,15H,5-6,11-12H2,1-4H3/t15-/m0/s1. The lowest BCUT2D eigenvalue weighted by atomic mass is 10.1. The van der Waals surface area contributed by atoms with E-state index in [-0.39, 0.29) is 12.0 Å². The monoisotopic (exact) mass is 291 g/mol. The highest BCUT2D eigenvalue weighted by Gasteiger charge is 2.33. The summed E-state index contributed by atoms with van der Waals surface area (Å²) in [5.74, 6) is 0.748. The van der Waals surface area contributed by atoms with Gasteiger partial charge in [0.2, 0.25) is 0 Å². The fraction of sp³-hybridized carbons (Fsp3) is 0.588. The van der Waals surface area contributed by atoms with Crippen molar-refractivity contribution in [1.82, 2.24) is 4.90 Å². The summed E-state index contributed by atoms with van der Waals surface area (Å²) < 4.78 is 10.7. The Morgan fingerprint density at radius 1 is 1.29 bits per heavy atom. The number of likely N-dealkylation sites (tertiary alicyclic amines) is 1. The van der Waals surface area contributed by atoms with Crippen LogP contribution in [0.15, 0.2) is 24.3 Å². The molecule has 0 amide bonds. The molecule has 1 aliphatic rings. The Kier molecular flexibility index (Phi) is 4.88. The molecule has 0 aliphatic carbocycles. The first-order valence-electron chi connectivity index (χ1n) is 7.49. The molecule has 1 heterocycles. The summed E-state index contributed by atoms with van der Waals surface area (Å²) in [4.78, 5) is 14.5. The molecular weight excluding hydrogens is 266 g/mol. The highest BCUT2D eigenvalue weighted by Crippen LogP contribution is 2.23. The summed E-state index contributed by atoms with van der Waals surface area (Å²) in [6.07, 6.45) is 1.92. The van der Waals surface area contributed by atoms with Crippen molar-refractivity contribution in [2.45, 2.75) is 51.8 Å². The lowest BCUT2D eigenvalue weighted by Crippen LogP contribution is -2.40. The number of methoxy groups -OCH3 is 1. The molecule has 21 heavy (non-hydrogen) atoms. The molecule has 0 spiro atoms. The van der Waals surface area contributed by atoms with E-state index >= 15 is 0 Å². The topological polar surface area (TPSA) is 38.8 Å². The molecule has 116 valence electrons. The Balaban J connectivity index is 1.99. The normalized spacial score (nSPS) is 19.5. The zero-order valence-corrected chi connectivity index (χ0v) is 13.4. The zero-order chi connectivity index (χ0) is 15.5. The fourth-order valence-corrected chi connectivity index (χ4v) is 2.62. The number of hydrogen-bond donors (Lipinski definition) is 0. The van der Waals surface area contributed by atoms with E-state index in [2.05, 4.69) is 4.90 Å². The highest BCUT2D eigenvalue weighted by molar-refractivity contribution is 5.76. The molecule has 0 N–H and O–H groups in total. The van der Waals surface area contributed by atoms with Gasteiger partial charge in [-0.05, 0) is 57.9 Å². The Hall–Kier alpha value is -1.55. The van der Waals surface area contributed by atoms with Gasteiger partial charge in [0.15, 0.2) is 0 Å². The average molecular weight is 291 g/mol. The maximum atomic E-state index is 12.3. The van der Waals surface area contributed by atoms with E-state index in [9.17, 15) is 4.79 Å². The lowest BCUT2D eigenvalue weighted by molar-refractivity contribution is -0.160.